The Morgan fingerprint density at radius 3 is 2.22 bits per heavy atom. The van der Waals surface area contributed by atoms with Gasteiger partial charge in [0, 0.05) is 17.2 Å². The molecular weight excluding hydrogens is 358 g/mol. The Morgan fingerprint density at radius 2 is 1.59 bits per heavy atom. The lowest BCUT2D eigenvalue weighted by atomic mass is 10.1. The lowest BCUT2D eigenvalue weighted by molar-refractivity contribution is -0.115. The van der Waals surface area contributed by atoms with E-state index in [0.717, 1.165) is 12.1 Å². The van der Waals surface area contributed by atoms with Crippen LogP contribution in [0.5, 0.6) is 17.2 Å². The molecule has 0 radical (unpaired) electrons. The van der Waals surface area contributed by atoms with Crippen molar-refractivity contribution in [3.63, 3.8) is 0 Å². The molecule has 0 aromatic heterocycles. The maximum absolute atomic E-state index is 13.4. The minimum absolute atomic E-state index is 0.0836. The Bertz CT molecular complexity index is 970. The highest BCUT2D eigenvalue weighted by Crippen LogP contribution is 2.36. The van der Waals surface area contributed by atoms with Gasteiger partial charge in [0.2, 0.25) is 0 Å². The average Bonchev–Trinajstić information content (AvgIpc) is 3.04. The van der Waals surface area contributed by atoms with E-state index < -0.39 is 17.5 Å². The third-order valence-corrected chi connectivity index (χ3v) is 3.92. The number of amidine groups is 1. The second-order valence-electron chi connectivity index (χ2n) is 5.52. The van der Waals surface area contributed by atoms with Crippen LogP contribution in [0.2, 0.25) is 0 Å². The molecule has 8 heteroatoms. The molecule has 140 valence electrons. The van der Waals surface area contributed by atoms with E-state index in [0.29, 0.717) is 22.8 Å². The lowest BCUT2D eigenvalue weighted by Gasteiger charge is -2.12. The molecule has 27 heavy (non-hydrogen) atoms. The van der Waals surface area contributed by atoms with Gasteiger partial charge >= 0.3 is 0 Å². The smallest absolute Gasteiger partial charge is 0.275 e. The number of hydrogen-bond acceptors (Lipinski definition) is 5. The molecule has 0 bridgehead atoms. The molecule has 2 aromatic rings. The lowest BCUT2D eigenvalue weighted by Crippen LogP contribution is -2.24. The van der Waals surface area contributed by atoms with Crippen LogP contribution in [0.4, 0.5) is 8.78 Å². The number of methoxy groups -OCH3 is 3. The van der Waals surface area contributed by atoms with Crippen LogP contribution in [0, 0.1) is 11.6 Å². The number of nitrogens with one attached hydrogen (secondary N) is 1. The number of hydrogen-bond donors (Lipinski definition) is 1. The van der Waals surface area contributed by atoms with Crippen LogP contribution in [0.3, 0.4) is 0 Å². The van der Waals surface area contributed by atoms with E-state index in [2.05, 4.69) is 10.3 Å². The van der Waals surface area contributed by atoms with Crippen LogP contribution in [0.25, 0.3) is 6.08 Å². The van der Waals surface area contributed by atoms with E-state index in [4.69, 9.17) is 14.2 Å². The predicted molar refractivity (Wildman–Crippen MR) is 95.1 cm³/mol. The molecule has 1 heterocycles. The van der Waals surface area contributed by atoms with Crippen LogP contribution in [-0.4, -0.2) is 33.1 Å². The first kappa shape index (κ1) is 18.4. The van der Waals surface area contributed by atoms with Crippen LogP contribution in [0.15, 0.2) is 41.0 Å². The Balaban J connectivity index is 2.02. The van der Waals surface area contributed by atoms with Gasteiger partial charge in [-0.1, -0.05) is 0 Å². The highest BCUT2D eigenvalue weighted by molar-refractivity contribution is 6.19. The molecule has 0 unspecified atom stereocenters. The number of aliphatic imine (C=N–C) groups is 1. The molecular formula is C19H16F2N2O4. The summed E-state index contributed by atoms with van der Waals surface area (Å²) >= 11 is 0. The number of carbonyl (C=O) groups excluding carboxylic acids is 1. The van der Waals surface area contributed by atoms with Gasteiger partial charge < -0.3 is 19.5 Å². The summed E-state index contributed by atoms with van der Waals surface area (Å²) in [5.74, 6) is -0.981. The van der Waals surface area contributed by atoms with Gasteiger partial charge in [0.15, 0.2) is 23.1 Å². The van der Waals surface area contributed by atoms with Crippen molar-refractivity contribution in [3.8, 4) is 17.2 Å². The van der Waals surface area contributed by atoms with E-state index in [9.17, 15) is 13.6 Å². The molecule has 1 amide bonds. The molecule has 1 aliphatic rings. The SMILES string of the molecule is COc1cc(OC)c(OC)cc1/C=C1\N=C(c2ccc(F)c(F)c2)NC1=O. The van der Waals surface area contributed by atoms with Gasteiger partial charge in [0.25, 0.3) is 5.91 Å². The Hall–Kier alpha value is -3.42. The summed E-state index contributed by atoms with van der Waals surface area (Å²) in [6.07, 6.45) is 1.50. The van der Waals surface area contributed by atoms with Crippen LogP contribution in [0.1, 0.15) is 11.1 Å². The minimum atomic E-state index is -1.02. The van der Waals surface area contributed by atoms with Crippen molar-refractivity contribution in [1.29, 1.82) is 0 Å². The summed E-state index contributed by atoms with van der Waals surface area (Å²) in [4.78, 5) is 16.4. The fourth-order valence-corrected chi connectivity index (χ4v) is 2.56. The van der Waals surface area contributed by atoms with Crippen molar-refractivity contribution in [3.05, 3.63) is 58.8 Å². The first-order valence-corrected chi connectivity index (χ1v) is 7.84. The monoisotopic (exact) mass is 374 g/mol. The van der Waals surface area contributed by atoms with Gasteiger partial charge in [0.05, 0.1) is 21.3 Å². The van der Waals surface area contributed by atoms with Crippen molar-refractivity contribution >= 4 is 17.8 Å². The standard InChI is InChI=1S/C19H16F2N2O4/c1-25-15-9-17(27-3)16(26-2)8-11(15)7-14-19(24)23-18(22-14)10-4-5-12(20)13(21)6-10/h4-9H,1-3H3,(H,22,23,24)/b14-7-. The van der Waals surface area contributed by atoms with Crippen molar-refractivity contribution in [1.82, 2.24) is 5.32 Å². The van der Waals surface area contributed by atoms with Crippen LogP contribution in [-0.2, 0) is 4.79 Å². The maximum atomic E-state index is 13.4. The van der Waals surface area contributed by atoms with Gasteiger partial charge in [-0.3, -0.25) is 4.79 Å². The molecule has 0 saturated heterocycles. The van der Waals surface area contributed by atoms with Gasteiger partial charge in [-0.2, -0.15) is 0 Å². The fourth-order valence-electron chi connectivity index (χ4n) is 2.56. The number of benzene rings is 2. The summed E-state index contributed by atoms with van der Waals surface area (Å²) in [5.41, 5.74) is 0.876. The second kappa shape index (κ2) is 7.45. The van der Waals surface area contributed by atoms with Crippen LogP contribution >= 0.6 is 0 Å². The summed E-state index contributed by atoms with van der Waals surface area (Å²) in [5, 5.41) is 2.53. The fraction of sp³-hybridized carbons (Fsp3) is 0.158. The zero-order valence-electron chi connectivity index (χ0n) is 14.8. The van der Waals surface area contributed by atoms with E-state index in [1.807, 2.05) is 0 Å². The topological polar surface area (TPSA) is 69.2 Å². The molecule has 0 spiro atoms. The zero-order valence-corrected chi connectivity index (χ0v) is 14.8. The molecule has 0 atom stereocenters. The number of ether oxygens (including phenoxy) is 3. The minimum Gasteiger partial charge on any atom is -0.496 e. The molecule has 0 saturated carbocycles. The number of rotatable bonds is 5. The van der Waals surface area contributed by atoms with E-state index in [1.165, 1.54) is 33.5 Å². The van der Waals surface area contributed by atoms with Gasteiger partial charge in [0.1, 0.15) is 17.3 Å². The number of nitrogens with zero attached hydrogens (tertiary/aromatic N) is 1. The molecule has 0 aliphatic carbocycles. The van der Waals surface area contributed by atoms with Crippen LogP contribution < -0.4 is 19.5 Å². The maximum Gasteiger partial charge on any atom is 0.275 e. The molecule has 3 rings (SSSR count). The molecule has 1 aliphatic heterocycles. The number of halogens is 2. The van der Waals surface area contributed by atoms with E-state index >= 15 is 0 Å². The normalized spacial score (nSPS) is 14.8. The van der Waals surface area contributed by atoms with Crippen molar-refractivity contribution in [2.75, 3.05) is 21.3 Å². The van der Waals surface area contributed by atoms with Crippen molar-refractivity contribution in [2.45, 2.75) is 0 Å². The third kappa shape index (κ3) is 3.59. The number of amides is 1. The highest BCUT2D eigenvalue weighted by Gasteiger charge is 2.23. The first-order valence-electron chi connectivity index (χ1n) is 7.84. The average molecular weight is 374 g/mol. The van der Waals surface area contributed by atoms with E-state index in [-0.39, 0.29) is 17.1 Å². The Labute approximate surface area is 154 Å². The van der Waals surface area contributed by atoms with Gasteiger partial charge in [-0.25, -0.2) is 13.8 Å². The van der Waals surface area contributed by atoms with Gasteiger partial charge in [-0.05, 0) is 30.3 Å². The first-order chi connectivity index (χ1) is 13.0. The summed E-state index contributed by atoms with van der Waals surface area (Å²) in [6.45, 7) is 0. The predicted octanol–water partition coefficient (Wildman–Crippen LogP) is 2.91. The Kier molecular flexibility index (Phi) is 5.07. The molecule has 1 N–H and O–H groups in total. The largest absolute Gasteiger partial charge is 0.496 e. The second-order valence-corrected chi connectivity index (χ2v) is 5.52. The zero-order chi connectivity index (χ0) is 19.6. The summed E-state index contributed by atoms with van der Waals surface area (Å²) in [7, 11) is 4.47. The summed E-state index contributed by atoms with van der Waals surface area (Å²) in [6, 6.07) is 6.53. The highest BCUT2D eigenvalue weighted by atomic mass is 19.2. The Morgan fingerprint density at radius 1 is 0.926 bits per heavy atom. The third-order valence-electron chi connectivity index (χ3n) is 3.92. The molecule has 2 aromatic carbocycles. The molecule has 6 nitrogen and oxygen atoms in total. The van der Waals surface area contributed by atoms with Crippen molar-refractivity contribution < 1.29 is 27.8 Å². The summed E-state index contributed by atoms with van der Waals surface area (Å²) < 4.78 is 42.3. The van der Waals surface area contributed by atoms with Crippen molar-refractivity contribution in [2.24, 2.45) is 4.99 Å². The van der Waals surface area contributed by atoms with Gasteiger partial charge in [-0.15, -0.1) is 0 Å². The molecule has 0 fully saturated rings. The van der Waals surface area contributed by atoms with E-state index in [1.54, 1.807) is 12.1 Å². The number of carbonyl (C=O) groups is 1. The quantitative estimate of drug-likeness (QED) is 0.817.